The molecule has 2 aliphatic rings. The number of piperidine rings is 1. The van der Waals surface area contributed by atoms with Gasteiger partial charge in [-0.1, -0.05) is 25.2 Å². The van der Waals surface area contributed by atoms with E-state index < -0.39 is 0 Å². The van der Waals surface area contributed by atoms with Crippen LogP contribution in [0.5, 0.6) is 0 Å². The molecule has 4 rings (SSSR count). The van der Waals surface area contributed by atoms with Crippen molar-refractivity contribution >= 4 is 32.6 Å². The molecule has 0 spiro atoms. The van der Waals surface area contributed by atoms with Crippen LogP contribution in [0.15, 0.2) is 18.2 Å². The standard InChI is InChI=1S/C22H32N4O2S/c1-16-12-17(2)15-25(14-16)7-3-6-23-21(27)18-4-5-19-20(13-18)29-22(24-19)26-8-10-28-11-9-26/h4-5,13,16-17H,3,6-12,14-15H2,1-2H3,(H,23,27)/t16-,17+. The Kier molecular flexibility index (Phi) is 6.67. The molecule has 2 saturated heterocycles. The second kappa shape index (κ2) is 9.41. The predicted octanol–water partition coefficient (Wildman–Crippen LogP) is 3.23. The first-order chi connectivity index (χ1) is 14.1. The maximum absolute atomic E-state index is 12.6. The first kappa shape index (κ1) is 20.6. The van der Waals surface area contributed by atoms with Crippen molar-refractivity contribution in [1.29, 1.82) is 0 Å². The van der Waals surface area contributed by atoms with Crippen molar-refractivity contribution in [3.63, 3.8) is 0 Å². The van der Waals surface area contributed by atoms with Crippen molar-refractivity contribution in [2.45, 2.75) is 26.7 Å². The Labute approximate surface area is 177 Å². The number of carbonyl (C=O) groups is 1. The Bertz CT molecular complexity index is 823. The van der Waals surface area contributed by atoms with Gasteiger partial charge >= 0.3 is 0 Å². The van der Waals surface area contributed by atoms with Crippen molar-refractivity contribution in [1.82, 2.24) is 15.2 Å². The minimum absolute atomic E-state index is 0.00797. The fourth-order valence-corrected chi connectivity index (χ4v) is 5.58. The van der Waals surface area contributed by atoms with Crippen LogP contribution in [-0.4, -0.2) is 68.3 Å². The van der Waals surface area contributed by atoms with Crippen LogP contribution in [0.1, 0.15) is 37.0 Å². The molecule has 0 aliphatic carbocycles. The highest BCUT2D eigenvalue weighted by molar-refractivity contribution is 7.22. The molecule has 3 heterocycles. The summed E-state index contributed by atoms with van der Waals surface area (Å²) in [5.74, 6) is 1.57. The topological polar surface area (TPSA) is 57.7 Å². The second-order valence-electron chi connectivity index (χ2n) is 8.59. The number of fused-ring (bicyclic) bond motifs is 1. The molecule has 2 aromatic rings. The van der Waals surface area contributed by atoms with Crippen molar-refractivity contribution < 1.29 is 9.53 Å². The number of thiazole rings is 1. The third-order valence-corrected chi connectivity index (χ3v) is 6.88. The monoisotopic (exact) mass is 416 g/mol. The van der Waals surface area contributed by atoms with E-state index in [9.17, 15) is 4.79 Å². The first-order valence-electron chi connectivity index (χ1n) is 10.8. The van der Waals surface area contributed by atoms with E-state index in [1.54, 1.807) is 11.3 Å². The summed E-state index contributed by atoms with van der Waals surface area (Å²) in [4.78, 5) is 22.1. The van der Waals surface area contributed by atoms with Crippen LogP contribution < -0.4 is 10.2 Å². The molecule has 158 valence electrons. The van der Waals surface area contributed by atoms with E-state index in [1.807, 2.05) is 18.2 Å². The van der Waals surface area contributed by atoms with E-state index in [4.69, 9.17) is 9.72 Å². The Morgan fingerprint density at radius 2 is 2.00 bits per heavy atom. The summed E-state index contributed by atoms with van der Waals surface area (Å²) in [6.45, 7) is 12.1. The number of amides is 1. The highest BCUT2D eigenvalue weighted by atomic mass is 32.1. The molecule has 0 saturated carbocycles. The minimum atomic E-state index is 0.00797. The predicted molar refractivity (Wildman–Crippen MR) is 119 cm³/mol. The van der Waals surface area contributed by atoms with Gasteiger partial charge in [0.15, 0.2) is 5.13 Å². The highest BCUT2D eigenvalue weighted by Gasteiger charge is 2.21. The zero-order valence-electron chi connectivity index (χ0n) is 17.5. The number of aromatic nitrogens is 1. The Morgan fingerprint density at radius 3 is 2.76 bits per heavy atom. The molecule has 1 N–H and O–H groups in total. The summed E-state index contributed by atoms with van der Waals surface area (Å²) >= 11 is 1.66. The molecule has 7 heteroatoms. The number of morpholine rings is 1. The summed E-state index contributed by atoms with van der Waals surface area (Å²) in [6, 6.07) is 5.82. The fourth-order valence-electron chi connectivity index (χ4n) is 4.52. The van der Waals surface area contributed by atoms with Gasteiger partial charge in [-0.05, 0) is 49.4 Å². The molecule has 2 aliphatic heterocycles. The van der Waals surface area contributed by atoms with E-state index in [1.165, 1.54) is 19.5 Å². The molecule has 0 radical (unpaired) electrons. The second-order valence-corrected chi connectivity index (χ2v) is 9.60. The molecule has 6 nitrogen and oxygen atoms in total. The van der Waals surface area contributed by atoms with Crippen molar-refractivity contribution in [2.24, 2.45) is 11.8 Å². The summed E-state index contributed by atoms with van der Waals surface area (Å²) < 4.78 is 6.49. The minimum Gasteiger partial charge on any atom is -0.378 e. The van der Waals surface area contributed by atoms with Crippen LogP contribution in [0.3, 0.4) is 0 Å². The third-order valence-electron chi connectivity index (χ3n) is 5.80. The number of ether oxygens (including phenoxy) is 1. The quantitative estimate of drug-likeness (QED) is 0.733. The Balaban J connectivity index is 1.29. The van der Waals surface area contributed by atoms with Gasteiger partial charge in [-0.15, -0.1) is 0 Å². The molecular formula is C22H32N4O2S. The van der Waals surface area contributed by atoms with Crippen LogP contribution in [0.25, 0.3) is 10.2 Å². The summed E-state index contributed by atoms with van der Waals surface area (Å²) in [6.07, 6.45) is 2.33. The summed E-state index contributed by atoms with van der Waals surface area (Å²) in [5, 5.41) is 4.11. The van der Waals surface area contributed by atoms with Gasteiger partial charge in [-0.2, -0.15) is 0 Å². The first-order valence-corrected chi connectivity index (χ1v) is 11.6. The molecule has 2 fully saturated rings. The summed E-state index contributed by atoms with van der Waals surface area (Å²) in [5.41, 5.74) is 1.68. The lowest BCUT2D eigenvalue weighted by molar-refractivity contribution is 0.0947. The van der Waals surface area contributed by atoms with Crippen molar-refractivity contribution in [3.8, 4) is 0 Å². The largest absolute Gasteiger partial charge is 0.378 e. The maximum Gasteiger partial charge on any atom is 0.251 e. The number of nitrogens with zero attached hydrogens (tertiary/aromatic N) is 3. The van der Waals surface area contributed by atoms with Crippen LogP contribution in [-0.2, 0) is 4.74 Å². The molecule has 0 unspecified atom stereocenters. The smallest absolute Gasteiger partial charge is 0.251 e. The SMILES string of the molecule is C[C@@H]1C[C@H](C)CN(CCCNC(=O)c2ccc3nc(N4CCOCC4)sc3c2)C1. The van der Waals surface area contributed by atoms with Gasteiger partial charge in [0, 0.05) is 38.3 Å². The average Bonchev–Trinajstić information content (AvgIpc) is 3.14. The lowest BCUT2D eigenvalue weighted by Gasteiger charge is -2.34. The number of nitrogens with one attached hydrogen (secondary N) is 1. The summed E-state index contributed by atoms with van der Waals surface area (Å²) in [7, 11) is 0. The van der Waals surface area contributed by atoms with Gasteiger partial charge in [-0.3, -0.25) is 4.79 Å². The Hall–Kier alpha value is -1.70. The van der Waals surface area contributed by atoms with Gasteiger partial charge in [0.25, 0.3) is 5.91 Å². The van der Waals surface area contributed by atoms with Crippen molar-refractivity contribution in [3.05, 3.63) is 23.8 Å². The van der Waals surface area contributed by atoms with Gasteiger partial charge in [0.2, 0.25) is 0 Å². The van der Waals surface area contributed by atoms with E-state index in [0.717, 1.165) is 78.6 Å². The van der Waals surface area contributed by atoms with Crippen LogP contribution in [0.2, 0.25) is 0 Å². The average molecular weight is 417 g/mol. The number of hydrogen-bond acceptors (Lipinski definition) is 6. The van der Waals surface area contributed by atoms with E-state index in [2.05, 4.69) is 29.0 Å². The van der Waals surface area contributed by atoms with E-state index in [0.29, 0.717) is 0 Å². The molecule has 1 amide bonds. The van der Waals surface area contributed by atoms with Gasteiger partial charge in [-0.25, -0.2) is 4.98 Å². The number of likely N-dealkylation sites (tertiary alicyclic amines) is 1. The zero-order valence-corrected chi connectivity index (χ0v) is 18.3. The van der Waals surface area contributed by atoms with Crippen LogP contribution in [0, 0.1) is 11.8 Å². The maximum atomic E-state index is 12.6. The van der Waals surface area contributed by atoms with Gasteiger partial charge in [0.1, 0.15) is 0 Å². The molecule has 0 bridgehead atoms. The van der Waals surface area contributed by atoms with Gasteiger partial charge < -0.3 is 19.9 Å². The van der Waals surface area contributed by atoms with E-state index in [-0.39, 0.29) is 5.91 Å². The van der Waals surface area contributed by atoms with Crippen LogP contribution in [0.4, 0.5) is 5.13 Å². The number of hydrogen-bond donors (Lipinski definition) is 1. The fraction of sp³-hybridized carbons (Fsp3) is 0.636. The highest BCUT2D eigenvalue weighted by Crippen LogP contribution is 2.30. The van der Waals surface area contributed by atoms with Gasteiger partial charge in [0.05, 0.1) is 23.4 Å². The number of rotatable bonds is 6. The number of benzene rings is 1. The third kappa shape index (κ3) is 5.27. The number of carbonyl (C=O) groups excluding carboxylic acids is 1. The molecule has 1 aromatic carbocycles. The number of anilines is 1. The zero-order chi connectivity index (χ0) is 20.2. The molecule has 29 heavy (non-hydrogen) atoms. The Morgan fingerprint density at radius 1 is 1.24 bits per heavy atom. The normalized spacial score (nSPS) is 23.4. The lowest BCUT2D eigenvalue weighted by Crippen LogP contribution is -2.40. The lowest BCUT2D eigenvalue weighted by atomic mass is 9.92. The molecular weight excluding hydrogens is 384 g/mol. The molecule has 1 aromatic heterocycles. The van der Waals surface area contributed by atoms with Crippen molar-refractivity contribution in [2.75, 3.05) is 57.4 Å². The molecule has 2 atom stereocenters. The van der Waals surface area contributed by atoms with Crippen LogP contribution >= 0.6 is 11.3 Å². The van der Waals surface area contributed by atoms with E-state index >= 15 is 0 Å².